The minimum atomic E-state index is -1.56. The Hall–Kier alpha value is -1.07. The lowest BCUT2D eigenvalue weighted by Crippen LogP contribution is -2.60. The summed E-state index contributed by atoms with van der Waals surface area (Å²) in [6.45, 7) is 3.80. The van der Waals surface area contributed by atoms with Gasteiger partial charge in [-0.3, -0.25) is 4.79 Å². The van der Waals surface area contributed by atoms with Gasteiger partial charge in [0.2, 0.25) is 5.91 Å². The standard InChI is InChI=1S/C52H101NO8/c1-3-5-7-9-11-13-15-17-19-20-21-22-23-24-25-26-27-28-30-32-34-36-38-40-42-48(56)53-45(44-60-52-51(59)50(58)49(57)47(43-54)61-52)46(55)41-39-37-35-33-31-29-18-16-14-12-10-8-6-4-2/h39,41,45-47,49-52,54-55,57-59H,3-38,40,42-44H2,1-2H3,(H,53,56)/b41-39+/t45-,46+,47+,49-,50?,51?,52+/m0/s1. The quantitative estimate of drug-likeness (QED) is 0.0262. The number of unbranched alkanes of at least 4 members (excludes halogenated alkanes) is 35. The third kappa shape index (κ3) is 33.1. The Labute approximate surface area is 376 Å². The highest BCUT2D eigenvalue weighted by atomic mass is 16.7. The van der Waals surface area contributed by atoms with Gasteiger partial charge >= 0.3 is 0 Å². The number of allylic oxidation sites excluding steroid dienone is 1. The molecular weight excluding hydrogens is 767 g/mol. The monoisotopic (exact) mass is 868 g/mol. The van der Waals surface area contributed by atoms with Crippen LogP contribution in [-0.4, -0.2) is 87.5 Å². The van der Waals surface area contributed by atoms with E-state index in [1.165, 1.54) is 199 Å². The second-order valence-electron chi connectivity index (χ2n) is 18.7. The molecule has 0 saturated carbocycles. The average molecular weight is 868 g/mol. The fourth-order valence-electron chi connectivity index (χ4n) is 8.63. The van der Waals surface area contributed by atoms with Crippen molar-refractivity contribution in [2.45, 2.75) is 301 Å². The van der Waals surface area contributed by atoms with E-state index in [1.54, 1.807) is 6.08 Å². The van der Waals surface area contributed by atoms with Gasteiger partial charge in [0.05, 0.1) is 25.4 Å². The molecule has 2 unspecified atom stereocenters. The minimum absolute atomic E-state index is 0.172. The molecule has 0 bridgehead atoms. The molecule has 0 radical (unpaired) electrons. The first kappa shape index (κ1) is 57.9. The normalized spacial score (nSPS) is 20.4. The third-order valence-electron chi connectivity index (χ3n) is 12.9. The molecule has 1 heterocycles. The first-order chi connectivity index (χ1) is 29.8. The Morgan fingerprint density at radius 3 is 1.28 bits per heavy atom. The van der Waals surface area contributed by atoms with Gasteiger partial charge < -0.3 is 40.3 Å². The predicted molar refractivity (Wildman–Crippen MR) is 254 cm³/mol. The van der Waals surface area contributed by atoms with Crippen LogP contribution in [0, 0.1) is 0 Å². The lowest BCUT2D eigenvalue weighted by Gasteiger charge is -2.40. The smallest absolute Gasteiger partial charge is 0.220 e. The van der Waals surface area contributed by atoms with E-state index in [9.17, 15) is 30.3 Å². The third-order valence-corrected chi connectivity index (χ3v) is 12.9. The van der Waals surface area contributed by atoms with E-state index in [4.69, 9.17) is 9.47 Å². The fourth-order valence-corrected chi connectivity index (χ4v) is 8.63. The molecule has 1 aliphatic rings. The average Bonchev–Trinajstić information content (AvgIpc) is 3.26. The van der Waals surface area contributed by atoms with Gasteiger partial charge in [0.25, 0.3) is 0 Å². The number of rotatable bonds is 45. The summed E-state index contributed by atoms with van der Waals surface area (Å²) in [6.07, 6.45) is 44.1. The van der Waals surface area contributed by atoms with Gasteiger partial charge in [-0.05, 0) is 19.3 Å². The summed E-state index contributed by atoms with van der Waals surface area (Å²) in [4.78, 5) is 13.0. The summed E-state index contributed by atoms with van der Waals surface area (Å²) in [5.41, 5.74) is 0. The highest BCUT2D eigenvalue weighted by molar-refractivity contribution is 5.76. The van der Waals surface area contributed by atoms with Gasteiger partial charge in [-0.25, -0.2) is 0 Å². The van der Waals surface area contributed by atoms with Gasteiger partial charge in [0.15, 0.2) is 6.29 Å². The summed E-state index contributed by atoms with van der Waals surface area (Å²) >= 11 is 0. The zero-order valence-corrected chi connectivity index (χ0v) is 39.9. The molecular formula is C52H101NO8. The maximum Gasteiger partial charge on any atom is 0.220 e. The molecule has 0 aromatic heterocycles. The van der Waals surface area contributed by atoms with Crippen molar-refractivity contribution in [2.24, 2.45) is 0 Å². The summed E-state index contributed by atoms with van der Waals surface area (Å²) in [5, 5.41) is 54.3. The molecule has 0 aromatic carbocycles. The molecule has 7 atom stereocenters. The van der Waals surface area contributed by atoms with E-state index in [-0.39, 0.29) is 12.5 Å². The SMILES string of the molecule is CCCCCCCCCCCCCC/C=C/[C@@H](O)[C@H](CO[C@@H]1O[C@H](CO)[C@H](O)C(O)C1O)NC(=O)CCCCCCCCCCCCCCCCCCCCCCCCCC. The second kappa shape index (κ2) is 42.9. The van der Waals surface area contributed by atoms with Crippen LogP contribution in [0.15, 0.2) is 12.2 Å². The molecule has 6 N–H and O–H groups in total. The molecule has 0 aromatic rings. The van der Waals surface area contributed by atoms with Crippen molar-refractivity contribution in [3.8, 4) is 0 Å². The van der Waals surface area contributed by atoms with Crippen LogP contribution in [0.5, 0.6) is 0 Å². The molecule has 0 aliphatic carbocycles. The lowest BCUT2D eigenvalue weighted by molar-refractivity contribution is -0.302. The number of hydrogen-bond acceptors (Lipinski definition) is 8. The molecule has 362 valence electrons. The molecule has 0 spiro atoms. The number of amides is 1. The number of carbonyl (C=O) groups is 1. The number of nitrogens with one attached hydrogen (secondary N) is 1. The van der Waals surface area contributed by atoms with Crippen molar-refractivity contribution < 1.29 is 39.8 Å². The molecule has 1 rings (SSSR count). The van der Waals surface area contributed by atoms with Crippen molar-refractivity contribution in [1.82, 2.24) is 5.32 Å². The largest absolute Gasteiger partial charge is 0.394 e. The van der Waals surface area contributed by atoms with E-state index < -0.39 is 49.5 Å². The van der Waals surface area contributed by atoms with Crippen molar-refractivity contribution in [3.63, 3.8) is 0 Å². The van der Waals surface area contributed by atoms with E-state index in [0.29, 0.717) is 6.42 Å². The van der Waals surface area contributed by atoms with Crippen LogP contribution in [0.25, 0.3) is 0 Å². The molecule has 9 heteroatoms. The van der Waals surface area contributed by atoms with Crippen LogP contribution >= 0.6 is 0 Å². The van der Waals surface area contributed by atoms with Crippen molar-refractivity contribution >= 4 is 5.91 Å². The van der Waals surface area contributed by atoms with E-state index >= 15 is 0 Å². The highest BCUT2D eigenvalue weighted by Crippen LogP contribution is 2.23. The molecule has 1 aliphatic heterocycles. The van der Waals surface area contributed by atoms with Crippen LogP contribution in [0.1, 0.15) is 258 Å². The summed E-state index contributed by atoms with van der Waals surface area (Å²) in [6, 6.07) is -0.799. The van der Waals surface area contributed by atoms with Gasteiger partial charge in [-0.2, -0.15) is 0 Å². The Kier molecular flexibility index (Phi) is 40.7. The van der Waals surface area contributed by atoms with Crippen LogP contribution in [0.3, 0.4) is 0 Å². The van der Waals surface area contributed by atoms with Crippen molar-refractivity contribution in [3.05, 3.63) is 12.2 Å². The van der Waals surface area contributed by atoms with Crippen LogP contribution < -0.4 is 5.32 Å². The van der Waals surface area contributed by atoms with E-state index in [1.807, 2.05) is 6.08 Å². The fraction of sp³-hybridized carbons (Fsp3) is 0.942. The van der Waals surface area contributed by atoms with E-state index in [2.05, 4.69) is 19.2 Å². The molecule has 9 nitrogen and oxygen atoms in total. The minimum Gasteiger partial charge on any atom is -0.394 e. The predicted octanol–water partition coefficient (Wildman–Crippen LogP) is 12.1. The zero-order chi connectivity index (χ0) is 44.4. The van der Waals surface area contributed by atoms with Crippen LogP contribution in [0.4, 0.5) is 0 Å². The maximum atomic E-state index is 13.0. The molecule has 1 saturated heterocycles. The lowest BCUT2D eigenvalue weighted by atomic mass is 9.99. The topological polar surface area (TPSA) is 149 Å². The Morgan fingerprint density at radius 2 is 0.902 bits per heavy atom. The van der Waals surface area contributed by atoms with Gasteiger partial charge in [0, 0.05) is 6.42 Å². The Bertz CT molecular complexity index is 966. The number of aliphatic hydroxyl groups excluding tert-OH is 5. The summed E-state index contributed by atoms with van der Waals surface area (Å²) < 4.78 is 11.2. The van der Waals surface area contributed by atoms with Crippen LogP contribution in [-0.2, 0) is 14.3 Å². The van der Waals surface area contributed by atoms with E-state index in [0.717, 1.165) is 38.5 Å². The molecule has 1 amide bonds. The number of carbonyl (C=O) groups excluding carboxylic acids is 1. The Morgan fingerprint density at radius 1 is 0.541 bits per heavy atom. The molecule has 61 heavy (non-hydrogen) atoms. The van der Waals surface area contributed by atoms with Crippen molar-refractivity contribution in [1.29, 1.82) is 0 Å². The number of hydrogen-bond donors (Lipinski definition) is 6. The second-order valence-corrected chi connectivity index (χ2v) is 18.7. The number of ether oxygens (including phenoxy) is 2. The number of aliphatic hydroxyl groups is 5. The molecule has 1 fully saturated rings. The van der Waals surface area contributed by atoms with Gasteiger partial charge in [-0.15, -0.1) is 0 Å². The highest BCUT2D eigenvalue weighted by Gasteiger charge is 2.44. The zero-order valence-electron chi connectivity index (χ0n) is 39.9. The van der Waals surface area contributed by atoms with Gasteiger partial charge in [-0.1, -0.05) is 244 Å². The summed E-state index contributed by atoms with van der Waals surface area (Å²) in [5.74, 6) is -0.172. The van der Waals surface area contributed by atoms with Gasteiger partial charge in [0.1, 0.15) is 24.4 Å². The first-order valence-corrected chi connectivity index (χ1v) is 26.4. The maximum absolute atomic E-state index is 13.0. The van der Waals surface area contributed by atoms with Crippen LogP contribution in [0.2, 0.25) is 0 Å². The van der Waals surface area contributed by atoms with Crippen molar-refractivity contribution in [2.75, 3.05) is 13.2 Å². The summed E-state index contributed by atoms with van der Waals surface area (Å²) in [7, 11) is 0. The Balaban J connectivity index is 2.22. The first-order valence-electron chi connectivity index (χ1n) is 26.4.